The van der Waals surface area contributed by atoms with Crippen LogP contribution in [0.15, 0.2) is 48.7 Å². The Hall–Kier alpha value is -2.40. The van der Waals surface area contributed by atoms with E-state index in [2.05, 4.69) is 22.0 Å². The lowest BCUT2D eigenvalue weighted by Gasteiger charge is -2.29. The summed E-state index contributed by atoms with van der Waals surface area (Å²) in [4.78, 5) is 22.0. The first-order valence-corrected chi connectivity index (χ1v) is 10.5. The van der Waals surface area contributed by atoms with Gasteiger partial charge in [0.05, 0.1) is 18.3 Å². The molecule has 1 aromatic heterocycles. The number of anilines is 1. The van der Waals surface area contributed by atoms with Crippen LogP contribution in [-0.2, 0) is 11.3 Å². The van der Waals surface area contributed by atoms with Crippen molar-refractivity contribution in [3.8, 4) is 0 Å². The number of hydrogen-bond acceptors (Lipinski definition) is 4. The number of piperidine rings is 1. The maximum atomic E-state index is 13.3. The van der Waals surface area contributed by atoms with E-state index in [1.165, 1.54) is 24.9 Å². The molecule has 28 heavy (non-hydrogen) atoms. The van der Waals surface area contributed by atoms with E-state index >= 15 is 0 Å². The summed E-state index contributed by atoms with van der Waals surface area (Å²) < 4.78 is 5.78. The summed E-state index contributed by atoms with van der Waals surface area (Å²) in [6.07, 6.45) is 7.80. The van der Waals surface area contributed by atoms with Crippen molar-refractivity contribution in [2.24, 2.45) is 0 Å². The molecule has 4 rings (SSSR count). The molecule has 0 N–H and O–H groups in total. The van der Waals surface area contributed by atoms with E-state index < -0.39 is 0 Å². The van der Waals surface area contributed by atoms with Gasteiger partial charge in [0.1, 0.15) is 0 Å². The molecule has 148 valence electrons. The third-order valence-corrected chi connectivity index (χ3v) is 5.65. The summed E-state index contributed by atoms with van der Waals surface area (Å²) in [5.74, 6) is 0.0475. The number of ether oxygens (including phenoxy) is 1. The zero-order chi connectivity index (χ0) is 19.2. The molecule has 2 aliphatic rings. The van der Waals surface area contributed by atoms with Gasteiger partial charge in [0, 0.05) is 43.7 Å². The fourth-order valence-electron chi connectivity index (χ4n) is 4.09. The standard InChI is InChI=1S/C23H29N3O2/c27-23(19-9-11-21(12-10-19)25-14-4-1-5-15-25)26(18-22-8-6-16-28-22)17-20-7-2-3-13-24-20/h2-3,7,9-13,22H,1,4-6,8,14-18H2/t22-/m0/s1. The summed E-state index contributed by atoms with van der Waals surface area (Å²) in [5, 5.41) is 0. The smallest absolute Gasteiger partial charge is 0.254 e. The number of benzene rings is 1. The van der Waals surface area contributed by atoms with E-state index in [-0.39, 0.29) is 12.0 Å². The highest BCUT2D eigenvalue weighted by molar-refractivity contribution is 5.94. The normalized spacial score (nSPS) is 19.6. The van der Waals surface area contributed by atoms with E-state index in [1.54, 1.807) is 6.20 Å². The number of carbonyl (C=O) groups excluding carboxylic acids is 1. The monoisotopic (exact) mass is 379 g/mol. The number of amides is 1. The van der Waals surface area contributed by atoms with E-state index in [9.17, 15) is 4.79 Å². The molecule has 2 aliphatic heterocycles. The molecule has 0 unspecified atom stereocenters. The molecule has 0 bridgehead atoms. The maximum absolute atomic E-state index is 13.3. The van der Waals surface area contributed by atoms with Crippen molar-refractivity contribution in [2.75, 3.05) is 31.1 Å². The van der Waals surface area contributed by atoms with E-state index in [4.69, 9.17) is 4.74 Å². The predicted molar refractivity (Wildman–Crippen MR) is 110 cm³/mol. The van der Waals surface area contributed by atoms with Crippen molar-refractivity contribution in [1.82, 2.24) is 9.88 Å². The number of carbonyl (C=O) groups is 1. The lowest BCUT2D eigenvalue weighted by atomic mass is 10.1. The summed E-state index contributed by atoms with van der Waals surface area (Å²) in [7, 11) is 0. The van der Waals surface area contributed by atoms with E-state index in [0.717, 1.165) is 43.8 Å². The molecule has 3 heterocycles. The van der Waals surface area contributed by atoms with Crippen molar-refractivity contribution in [3.05, 3.63) is 59.9 Å². The number of pyridine rings is 1. The highest BCUT2D eigenvalue weighted by Gasteiger charge is 2.24. The van der Waals surface area contributed by atoms with Crippen LogP contribution in [0.5, 0.6) is 0 Å². The molecule has 1 atom stereocenters. The minimum absolute atomic E-state index is 0.0475. The highest BCUT2D eigenvalue weighted by atomic mass is 16.5. The van der Waals surface area contributed by atoms with Crippen molar-refractivity contribution in [3.63, 3.8) is 0 Å². The SMILES string of the molecule is O=C(c1ccc(N2CCCCC2)cc1)N(Cc1ccccn1)C[C@@H]1CCCO1. The van der Waals surface area contributed by atoms with Gasteiger partial charge in [-0.2, -0.15) is 0 Å². The van der Waals surface area contributed by atoms with Crippen LogP contribution < -0.4 is 4.90 Å². The topological polar surface area (TPSA) is 45.7 Å². The van der Waals surface area contributed by atoms with Crippen molar-refractivity contribution < 1.29 is 9.53 Å². The second-order valence-corrected chi connectivity index (χ2v) is 7.74. The first-order chi connectivity index (χ1) is 13.8. The Morgan fingerprint density at radius 2 is 1.89 bits per heavy atom. The quantitative estimate of drug-likeness (QED) is 0.764. The zero-order valence-corrected chi connectivity index (χ0v) is 16.4. The van der Waals surface area contributed by atoms with Crippen molar-refractivity contribution in [2.45, 2.75) is 44.8 Å². The molecular weight excluding hydrogens is 350 g/mol. The Morgan fingerprint density at radius 3 is 2.57 bits per heavy atom. The lowest BCUT2D eigenvalue weighted by molar-refractivity contribution is 0.0504. The number of aromatic nitrogens is 1. The zero-order valence-electron chi connectivity index (χ0n) is 16.4. The third kappa shape index (κ3) is 4.71. The summed E-state index contributed by atoms with van der Waals surface area (Å²) in [6, 6.07) is 13.9. The fraction of sp³-hybridized carbons (Fsp3) is 0.478. The highest BCUT2D eigenvalue weighted by Crippen LogP contribution is 2.22. The third-order valence-electron chi connectivity index (χ3n) is 5.65. The molecule has 1 aromatic carbocycles. The van der Waals surface area contributed by atoms with Crippen LogP contribution in [0, 0.1) is 0 Å². The Bertz CT molecular complexity index is 751. The van der Waals surface area contributed by atoms with Gasteiger partial charge in [-0.1, -0.05) is 6.07 Å². The van der Waals surface area contributed by atoms with Gasteiger partial charge in [0.2, 0.25) is 0 Å². The van der Waals surface area contributed by atoms with Crippen LogP contribution in [-0.4, -0.2) is 48.1 Å². The number of hydrogen-bond donors (Lipinski definition) is 0. The Kier molecular flexibility index (Phi) is 6.22. The van der Waals surface area contributed by atoms with Gasteiger partial charge in [-0.15, -0.1) is 0 Å². The van der Waals surface area contributed by atoms with Gasteiger partial charge in [-0.05, 0) is 68.5 Å². The van der Waals surface area contributed by atoms with Crippen LogP contribution in [0.4, 0.5) is 5.69 Å². The van der Waals surface area contributed by atoms with Crippen LogP contribution in [0.2, 0.25) is 0 Å². The van der Waals surface area contributed by atoms with Crippen molar-refractivity contribution >= 4 is 11.6 Å². The first kappa shape index (κ1) is 18.9. The van der Waals surface area contributed by atoms with Gasteiger partial charge >= 0.3 is 0 Å². The van der Waals surface area contributed by atoms with E-state index in [1.807, 2.05) is 35.2 Å². The fourth-order valence-corrected chi connectivity index (χ4v) is 4.09. The second kappa shape index (κ2) is 9.20. The van der Waals surface area contributed by atoms with Crippen LogP contribution >= 0.6 is 0 Å². The molecule has 2 saturated heterocycles. The first-order valence-electron chi connectivity index (χ1n) is 10.5. The Morgan fingerprint density at radius 1 is 1.07 bits per heavy atom. The van der Waals surface area contributed by atoms with Crippen LogP contribution in [0.3, 0.4) is 0 Å². The van der Waals surface area contributed by atoms with Gasteiger partial charge in [0.25, 0.3) is 5.91 Å². The summed E-state index contributed by atoms with van der Waals surface area (Å²) >= 11 is 0. The molecule has 0 aliphatic carbocycles. The van der Waals surface area contributed by atoms with E-state index in [0.29, 0.717) is 13.1 Å². The predicted octanol–water partition coefficient (Wildman–Crippen LogP) is 3.89. The minimum Gasteiger partial charge on any atom is -0.376 e. The van der Waals surface area contributed by atoms with Gasteiger partial charge < -0.3 is 14.5 Å². The maximum Gasteiger partial charge on any atom is 0.254 e. The second-order valence-electron chi connectivity index (χ2n) is 7.74. The molecule has 0 radical (unpaired) electrons. The molecular formula is C23H29N3O2. The van der Waals surface area contributed by atoms with Crippen LogP contribution in [0.1, 0.15) is 48.2 Å². The van der Waals surface area contributed by atoms with Gasteiger partial charge in [-0.3, -0.25) is 9.78 Å². The molecule has 2 fully saturated rings. The van der Waals surface area contributed by atoms with Gasteiger partial charge in [-0.25, -0.2) is 0 Å². The largest absolute Gasteiger partial charge is 0.376 e. The Labute approximate surface area is 167 Å². The van der Waals surface area contributed by atoms with Crippen molar-refractivity contribution in [1.29, 1.82) is 0 Å². The average Bonchev–Trinajstić information content (AvgIpc) is 3.27. The molecule has 0 saturated carbocycles. The summed E-state index contributed by atoms with van der Waals surface area (Å²) in [6.45, 7) is 4.13. The minimum atomic E-state index is 0.0475. The molecule has 0 spiro atoms. The van der Waals surface area contributed by atoms with Crippen LogP contribution in [0.25, 0.3) is 0 Å². The molecule has 1 amide bonds. The number of rotatable bonds is 6. The molecule has 5 heteroatoms. The average molecular weight is 380 g/mol. The summed E-state index contributed by atoms with van der Waals surface area (Å²) in [5.41, 5.74) is 2.85. The molecule has 5 nitrogen and oxygen atoms in total. The lowest BCUT2D eigenvalue weighted by Crippen LogP contribution is -2.37. The number of nitrogens with zero attached hydrogens (tertiary/aromatic N) is 3. The molecule has 2 aromatic rings. The van der Waals surface area contributed by atoms with Gasteiger partial charge in [0.15, 0.2) is 0 Å². The Balaban J connectivity index is 1.48.